The Morgan fingerprint density at radius 3 is 2.62 bits per heavy atom. The highest BCUT2D eigenvalue weighted by atomic mass is 16.5. The number of nitrogens with zero attached hydrogens (tertiary/aromatic N) is 1. The number of quaternary nitrogens is 1. The molecule has 6 nitrogen and oxygen atoms in total. The van der Waals surface area contributed by atoms with Crippen molar-refractivity contribution in [1.29, 1.82) is 0 Å². The molecule has 1 saturated heterocycles. The van der Waals surface area contributed by atoms with Gasteiger partial charge in [0.2, 0.25) is 0 Å². The molecule has 1 heterocycles. The number of hydrogen-bond donors (Lipinski definition) is 2. The molecule has 0 bridgehead atoms. The van der Waals surface area contributed by atoms with Crippen LogP contribution in [0.1, 0.15) is 5.56 Å². The third-order valence-electron chi connectivity index (χ3n) is 4.41. The third kappa shape index (κ3) is 4.97. The van der Waals surface area contributed by atoms with Crippen molar-refractivity contribution in [3.8, 4) is 5.75 Å². The first-order chi connectivity index (χ1) is 12.8. The second-order valence-electron chi connectivity index (χ2n) is 6.20. The minimum atomic E-state index is -0.0148. The molecule has 6 heteroatoms. The molecule has 0 saturated carbocycles. The molecule has 0 unspecified atom stereocenters. The lowest BCUT2D eigenvalue weighted by Crippen LogP contribution is -2.84. The molecule has 0 aromatic heterocycles. The van der Waals surface area contributed by atoms with Crippen LogP contribution in [0, 0.1) is 0 Å². The summed E-state index contributed by atoms with van der Waals surface area (Å²) in [5, 5.41) is 4.91. The van der Waals surface area contributed by atoms with Crippen molar-refractivity contribution in [3.05, 3.63) is 54.1 Å². The minimum Gasteiger partial charge on any atom is -0.496 e. The molecule has 0 atom stereocenters. The summed E-state index contributed by atoms with van der Waals surface area (Å²) in [5.41, 5.74) is 3.06. The number of amides is 1. The topological polar surface area (TPSA) is 67.4 Å². The summed E-state index contributed by atoms with van der Waals surface area (Å²) in [6.45, 7) is 4.41. The van der Waals surface area contributed by atoms with Gasteiger partial charge in [0.05, 0.1) is 20.3 Å². The van der Waals surface area contributed by atoms with Crippen molar-refractivity contribution in [3.63, 3.8) is 0 Å². The van der Waals surface area contributed by atoms with Crippen LogP contribution in [0.25, 0.3) is 0 Å². The van der Waals surface area contributed by atoms with Gasteiger partial charge in [-0.1, -0.05) is 12.1 Å². The second kappa shape index (κ2) is 9.22. The number of ether oxygens (including phenoxy) is 2. The van der Waals surface area contributed by atoms with Gasteiger partial charge in [-0.25, -0.2) is 0 Å². The molecular weight excluding hydrogens is 330 g/mol. The van der Waals surface area contributed by atoms with E-state index in [9.17, 15) is 4.79 Å². The Morgan fingerprint density at radius 2 is 1.88 bits per heavy atom. The molecule has 138 valence electrons. The van der Waals surface area contributed by atoms with Gasteiger partial charge in [0.15, 0.2) is 6.54 Å². The minimum absolute atomic E-state index is 0.0148. The fraction of sp³-hybridized carbons (Fsp3) is 0.350. The molecule has 1 aliphatic rings. The first-order valence-corrected chi connectivity index (χ1v) is 8.92. The molecule has 0 spiro atoms. The van der Waals surface area contributed by atoms with Gasteiger partial charge in [-0.2, -0.15) is 0 Å². The number of methoxy groups -OCH3 is 1. The van der Waals surface area contributed by atoms with E-state index in [2.05, 4.69) is 10.2 Å². The number of hydrogen-bond acceptors (Lipinski definition) is 4. The maximum atomic E-state index is 12.1. The molecule has 0 radical (unpaired) electrons. The lowest BCUT2D eigenvalue weighted by molar-refractivity contribution is -0.659. The molecular formula is C20H26N3O3+. The standard InChI is InChI=1S/C20H25N3O3/c1-25-19-5-3-2-4-16(19)14-21-15-20(24)22-17-6-8-18(9-7-17)23-10-12-26-13-11-23/h2-9,21H,10-15H2,1H3,(H,22,24)/p+1. The van der Waals surface area contributed by atoms with Crippen molar-refractivity contribution in [2.45, 2.75) is 6.54 Å². The number of benzene rings is 2. The Hall–Kier alpha value is -2.57. The molecule has 1 aliphatic heterocycles. The Morgan fingerprint density at radius 1 is 1.15 bits per heavy atom. The predicted molar refractivity (Wildman–Crippen MR) is 102 cm³/mol. The van der Waals surface area contributed by atoms with E-state index in [-0.39, 0.29) is 5.91 Å². The van der Waals surface area contributed by atoms with Gasteiger partial charge in [-0.15, -0.1) is 0 Å². The van der Waals surface area contributed by atoms with Crippen molar-refractivity contribution in [2.75, 3.05) is 50.2 Å². The Kier molecular flexibility index (Phi) is 6.46. The van der Waals surface area contributed by atoms with Gasteiger partial charge < -0.3 is 25.0 Å². The van der Waals surface area contributed by atoms with Gasteiger partial charge in [0.25, 0.3) is 5.91 Å². The Bertz CT molecular complexity index is 712. The summed E-state index contributed by atoms with van der Waals surface area (Å²) < 4.78 is 10.7. The summed E-state index contributed by atoms with van der Waals surface area (Å²) in [5.74, 6) is 0.835. The highest BCUT2D eigenvalue weighted by Gasteiger charge is 2.11. The van der Waals surface area contributed by atoms with E-state index in [0.717, 1.165) is 49.0 Å². The van der Waals surface area contributed by atoms with Crippen LogP contribution in [-0.2, 0) is 16.1 Å². The normalized spacial score (nSPS) is 14.1. The number of nitrogens with one attached hydrogen (secondary N) is 1. The van der Waals surface area contributed by atoms with Crippen LogP contribution in [0.4, 0.5) is 11.4 Å². The lowest BCUT2D eigenvalue weighted by atomic mass is 10.2. The summed E-state index contributed by atoms with van der Waals surface area (Å²) in [6, 6.07) is 15.8. The van der Waals surface area contributed by atoms with E-state index in [1.54, 1.807) is 7.11 Å². The largest absolute Gasteiger partial charge is 0.496 e. The Balaban J connectivity index is 1.45. The molecule has 26 heavy (non-hydrogen) atoms. The van der Waals surface area contributed by atoms with Crippen molar-refractivity contribution in [1.82, 2.24) is 0 Å². The highest BCUT2D eigenvalue weighted by Crippen LogP contribution is 2.19. The van der Waals surface area contributed by atoms with E-state index in [1.165, 1.54) is 0 Å². The predicted octanol–water partition coefficient (Wildman–Crippen LogP) is 1.23. The molecule has 3 rings (SSSR count). The van der Waals surface area contributed by atoms with E-state index < -0.39 is 0 Å². The van der Waals surface area contributed by atoms with Crippen molar-refractivity contribution >= 4 is 17.3 Å². The van der Waals surface area contributed by atoms with Crippen LogP contribution in [-0.4, -0.2) is 45.9 Å². The SMILES string of the molecule is COc1ccccc1C[NH2+]CC(=O)Nc1ccc(N2CCOCC2)cc1. The summed E-state index contributed by atoms with van der Waals surface area (Å²) >= 11 is 0. The second-order valence-corrected chi connectivity index (χ2v) is 6.20. The van der Waals surface area contributed by atoms with Crippen LogP contribution in [0.5, 0.6) is 5.75 Å². The maximum Gasteiger partial charge on any atom is 0.279 e. The van der Waals surface area contributed by atoms with Crippen molar-refractivity contribution in [2.24, 2.45) is 0 Å². The first kappa shape index (κ1) is 18.2. The summed E-state index contributed by atoms with van der Waals surface area (Å²) in [7, 11) is 1.66. The average molecular weight is 356 g/mol. The van der Waals surface area contributed by atoms with Gasteiger partial charge in [-0.3, -0.25) is 4.79 Å². The molecule has 0 aliphatic carbocycles. The average Bonchev–Trinajstić information content (AvgIpc) is 2.69. The highest BCUT2D eigenvalue weighted by molar-refractivity contribution is 5.91. The first-order valence-electron chi connectivity index (χ1n) is 8.92. The quantitative estimate of drug-likeness (QED) is 0.783. The maximum absolute atomic E-state index is 12.1. The fourth-order valence-electron chi connectivity index (χ4n) is 3.02. The van der Waals surface area contributed by atoms with E-state index >= 15 is 0 Å². The number of carbonyl (C=O) groups is 1. The van der Waals surface area contributed by atoms with Crippen molar-refractivity contribution < 1.29 is 19.6 Å². The van der Waals surface area contributed by atoms with E-state index in [4.69, 9.17) is 9.47 Å². The summed E-state index contributed by atoms with van der Waals surface area (Å²) in [4.78, 5) is 14.4. The smallest absolute Gasteiger partial charge is 0.279 e. The number of rotatable bonds is 7. The van der Waals surface area contributed by atoms with Crippen LogP contribution in [0.15, 0.2) is 48.5 Å². The van der Waals surface area contributed by atoms with E-state index in [1.807, 2.05) is 53.8 Å². The molecule has 1 fully saturated rings. The van der Waals surface area contributed by atoms with Gasteiger partial charge in [-0.05, 0) is 36.4 Å². The number of anilines is 2. The van der Waals surface area contributed by atoms with Crippen LogP contribution >= 0.6 is 0 Å². The monoisotopic (exact) mass is 356 g/mol. The number of nitrogens with two attached hydrogens (primary N) is 1. The molecule has 2 aromatic carbocycles. The zero-order valence-corrected chi connectivity index (χ0v) is 15.1. The number of para-hydroxylation sites is 1. The van der Waals surface area contributed by atoms with Gasteiger partial charge >= 0.3 is 0 Å². The lowest BCUT2D eigenvalue weighted by Gasteiger charge is -2.28. The molecule has 1 amide bonds. The van der Waals surface area contributed by atoms with Crippen LogP contribution in [0.3, 0.4) is 0 Å². The number of morpholine rings is 1. The molecule has 3 N–H and O–H groups in total. The fourth-order valence-corrected chi connectivity index (χ4v) is 3.02. The number of carbonyl (C=O) groups excluding carboxylic acids is 1. The molecule has 2 aromatic rings. The van der Waals surface area contributed by atoms with Crippen LogP contribution in [0.2, 0.25) is 0 Å². The Labute approximate surface area is 154 Å². The third-order valence-corrected chi connectivity index (χ3v) is 4.41. The van der Waals surface area contributed by atoms with Crippen LogP contribution < -0.4 is 20.3 Å². The van der Waals surface area contributed by atoms with E-state index in [0.29, 0.717) is 13.1 Å². The van der Waals surface area contributed by atoms with Gasteiger partial charge in [0.1, 0.15) is 12.3 Å². The zero-order chi connectivity index (χ0) is 18.2. The summed E-state index contributed by atoms with van der Waals surface area (Å²) in [6.07, 6.45) is 0. The zero-order valence-electron chi connectivity index (χ0n) is 15.1. The van der Waals surface area contributed by atoms with Gasteiger partial charge in [0, 0.05) is 30.0 Å².